The second-order valence-corrected chi connectivity index (χ2v) is 5.99. The Kier molecular flexibility index (Phi) is 4.28. The van der Waals surface area contributed by atoms with Gasteiger partial charge in [-0.3, -0.25) is 9.59 Å². The van der Waals surface area contributed by atoms with Crippen molar-refractivity contribution in [2.45, 2.75) is 39.5 Å². The Balaban J connectivity index is 2.13. The van der Waals surface area contributed by atoms with E-state index in [2.05, 4.69) is 4.98 Å². The minimum atomic E-state index is 0.168. The molecule has 1 aromatic heterocycles. The number of carbonyl (C=O) groups is 2. The maximum absolute atomic E-state index is 12.1. The van der Waals surface area contributed by atoms with E-state index in [1.807, 2.05) is 50.2 Å². The van der Waals surface area contributed by atoms with Crippen molar-refractivity contribution in [2.24, 2.45) is 0 Å². The number of fused-ring (bicyclic) bond motifs is 3. The Morgan fingerprint density at radius 3 is 1.61 bits per heavy atom. The van der Waals surface area contributed by atoms with E-state index >= 15 is 0 Å². The summed E-state index contributed by atoms with van der Waals surface area (Å²) in [7, 11) is 0. The second kappa shape index (κ2) is 6.37. The lowest BCUT2D eigenvalue weighted by molar-refractivity contribution is 0.0973. The van der Waals surface area contributed by atoms with E-state index in [1.54, 1.807) is 0 Å². The number of aromatic nitrogens is 1. The van der Waals surface area contributed by atoms with Crippen LogP contribution in [0, 0.1) is 0 Å². The Morgan fingerprint density at radius 1 is 0.783 bits per heavy atom. The van der Waals surface area contributed by atoms with Crippen LogP contribution in [-0.4, -0.2) is 16.6 Å². The van der Waals surface area contributed by atoms with Crippen LogP contribution in [0.4, 0.5) is 0 Å². The summed E-state index contributed by atoms with van der Waals surface area (Å²) in [5, 5.41) is 2.02. The summed E-state index contributed by atoms with van der Waals surface area (Å²) in [6, 6.07) is 11.5. The number of Topliss-reactive ketones (excluding diaryl/α,β-unsaturated/α-hetero) is 2. The molecule has 0 saturated heterocycles. The molecule has 0 bridgehead atoms. The summed E-state index contributed by atoms with van der Waals surface area (Å²) in [6.45, 7) is 4.02. The summed E-state index contributed by atoms with van der Waals surface area (Å²) in [4.78, 5) is 27.6. The number of carbonyl (C=O) groups excluding carboxylic acids is 2. The smallest absolute Gasteiger partial charge is 0.162 e. The normalized spacial score (nSPS) is 11.2. The minimum absolute atomic E-state index is 0.168. The molecule has 1 heterocycles. The largest absolute Gasteiger partial charge is 0.355 e. The van der Waals surface area contributed by atoms with Crippen molar-refractivity contribution in [3.05, 3.63) is 47.5 Å². The molecule has 0 amide bonds. The van der Waals surface area contributed by atoms with Crippen LogP contribution in [0.5, 0.6) is 0 Å². The third-order valence-corrected chi connectivity index (χ3v) is 4.20. The van der Waals surface area contributed by atoms with Gasteiger partial charge >= 0.3 is 0 Å². The van der Waals surface area contributed by atoms with Crippen molar-refractivity contribution < 1.29 is 9.59 Å². The van der Waals surface area contributed by atoms with Crippen molar-refractivity contribution in [3.8, 4) is 0 Å². The van der Waals surface area contributed by atoms with Crippen LogP contribution < -0.4 is 0 Å². The Bertz CT molecular complexity index is 817. The Morgan fingerprint density at radius 2 is 1.22 bits per heavy atom. The molecule has 0 saturated carbocycles. The molecule has 3 rings (SSSR count). The fourth-order valence-corrected chi connectivity index (χ4v) is 2.99. The van der Waals surface area contributed by atoms with Gasteiger partial charge in [0.05, 0.1) is 0 Å². The Labute approximate surface area is 135 Å². The fraction of sp³-hybridized carbons (Fsp3) is 0.300. The summed E-state index contributed by atoms with van der Waals surface area (Å²) in [5.74, 6) is 0.337. The fourth-order valence-electron chi connectivity index (χ4n) is 2.99. The van der Waals surface area contributed by atoms with E-state index in [1.165, 1.54) is 0 Å². The summed E-state index contributed by atoms with van der Waals surface area (Å²) in [5.41, 5.74) is 3.47. The second-order valence-electron chi connectivity index (χ2n) is 5.99. The summed E-state index contributed by atoms with van der Waals surface area (Å²) < 4.78 is 0. The zero-order chi connectivity index (χ0) is 16.4. The number of hydrogen-bond acceptors (Lipinski definition) is 2. The van der Waals surface area contributed by atoms with Crippen molar-refractivity contribution in [3.63, 3.8) is 0 Å². The highest BCUT2D eigenvalue weighted by atomic mass is 16.1. The van der Waals surface area contributed by atoms with E-state index in [0.29, 0.717) is 12.8 Å². The van der Waals surface area contributed by atoms with Crippen LogP contribution in [0.2, 0.25) is 0 Å². The summed E-state index contributed by atoms with van der Waals surface area (Å²) >= 11 is 0. The van der Waals surface area contributed by atoms with Gasteiger partial charge in [-0.2, -0.15) is 0 Å². The van der Waals surface area contributed by atoms with Gasteiger partial charge in [0.2, 0.25) is 0 Å². The highest BCUT2D eigenvalue weighted by Crippen LogP contribution is 2.28. The molecule has 0 aliphatic rings. The molecule has 0 radical (unpaired) electrons. The molecule has 0 atom stereocenters. The van der Waals surface area contributed by atoms with Crippen LogP contribution in [-0.2, 0) is 0 Å². The van der Waals surface area contributed by atoms with E-state index in [9.17, 15) is 9.59 Å². The number of hydrogen-bond donors (Lipinski definition) is 1. The molecule has 0 fully saturated rings. The molecule has 118 valence electrons. The number of aromatic amines is 1. The predicted molar refractivity (Wildman–Crippen MR) is 94.3 cm³/mol. The van der Waals surface area contributed by atoms with E-state index in [-0.39, 0.29) is 11.6 Å². The van der Waals surface area contributed by atoms with Gasteiger partial charge in [-0.05, 0) is 49.2 Å². The number of ketones is 2. The lowest BCUT2D eigenvalue weighted by Gasteiger charge is -2.01. The first kappa shape index (κ1) is 15.5. The lowest BCUT2D eigenvalue weighted by Crippen LogP contribution is -1.98. The average Bonchev–Trinajstić information content (AvgIpc) is 2.92. The number of nitrogens with one attached hydrogen (secondary N) is 1. The molecule has 23 heavy (non-hydrogen) atoms. The molecular formula is C20H21NO2. The molecule has 0 aliphatic heterocycles. The molecule has 3 heteroatoms. The molecular weight excluding hydrogens is 286 g/mol. The molecule has 2 aromatic carbocycles. The van der Waals surface area contributed by atoms with Crippen molar-refractivity contribution >= 4 is 33.4 Å². The van der Waals surface area contributed by atoms with Crippen molar-refractivity contribution in [1.82, 2.24) is 4.98 Å². The molecule has 1 N–H and O–H groups in total. The average molecular weight is 307 g/mol. The van der Waals surface area contributed by atoms with Gasteiger partial charge in [0.1, 0.15) is 0 Å². The van der Waals surface area contributed by atoms with Crippen LogP contribution in [0.3, 0.4) is 0 Å². The van der Waals surface area contributed by atoms with E-state index in [4.69, 9.17) is 0 Å². The number of benzene rings is 2. The van der Waals surface area contributed by atoms with Crippen LogP contribution in [0.25, 0.3) is 21.8 Å². The van der Waals surface area contributed by atoms with Gasteiger partial charge < -0.3 is 4.98 Å². The first-order valence-electron chi connectivity index (χ1n) is 8.26. The monoisotopic (exact) mass is 307 g/mol. The highest BCUT2D eigenvalue weighted by molar-refractivity contribution is 6.12. The highest BCUT2D eigenvalue weighted by Gasteiger charge is 2.11. The standard InChI is InChI=1S/C20H21NO2/c1-3-5-19(22)13-7-9-17-15(11-13)16-12-14(20(23)6-4-2)8-10-18(16)21-17/h7-12,21H,3-6H2,1-2H3. The zero-order valence-corrected chi connectivity index (χ0v) is 13.6. The molecule has 0 aliphatic carbocycles. The first-order chi connectivity index (χ1) is 11.1. The topological polar surface area (TPSA) is 49.9 Å². The number of H-pyrrole nitrogens is 1. The molecule has 0 unspecified atom stereocenters. The van der Waals surface area contributed by atoms with Gasteiger partial charge in [-0.15, -0.1) is 0 Å². The van der Waals surface area contributed by atoms with Crippen LogP contribution in [0.15, 0.2) is 36.4 Å². The zero-order valence-electron chi connectivity index (χ0n) is 13.6. The first-order valence-corrected chi connectivity index (χ1v) is 8.26. The minimum Gasteiger partial charge on any atom is -0.355 e. The van der Waals surface area contributed by atoms with Gasteiger partial charge in [-0.1, -0.05) is 13.8 Å². The quantitative estimate of drug-likeness (QED) is 0.629. The number of rotatable bonds is 6. The van der Waals surface area contributed by atoms with Crippen LogP contribution >= 0.6 is 0 Å². The van der Waals surface area contributed by atoms with Gasteiger partial charge in [0, 0.05) is 45.8 Å². The third-order valence-electron chi connectivity index (χ3n) is 4.20. The Hall–Kier alpha value is -2.42. The van der Waals surface area contributed by atoms with Gasteiger partial charge in [-0.25, -0.2) is 0 Å². The molecule has 0 spiro atoms. The van der Waals surface area contributed by atoms with E-state index in [0.717, 1.165) is 45.8 Å². The van der Waals surface area contributed by atoms with Crippen molar-refractivity contribution in [1.29, 1.82) is 0 Å². The van der Waals surface area contributed by atoms with Crippen LogP contribution in [0.1, 0.15) is 60.2 Å². The van der Waals surface area contributed by atoms with Crippen molar-refractivity contribution in [2.75, 3.05) is 0 Å². The molecule has 3 aromatic rings. The SMILES string of the molecule is CCCC(=O)c1ccc2[nH]c3ccc(C(=O)CCC)cc3c2c1. The maximum Gasteiger partial charge on any atom is 0.162 e. The van der Waals surface area contributed by atoms with Gasteiger partial charge in [0.25, 0.3) is 0 Å². The summed E-state index contributed by atoms with van der Waals surface area (Å²) in [6.07, 6.45) is 2.82. The van der Waals surface area contributed by atoms with Gasteiger partial charge in [0.15, 0.2) is 11.6 Å². The predicted octanol–water partition coefficient (Wildman–Crippen LogP) is 5.29. The maximum atomic E-state index is 12.1. The third kappa shape index (κ3) is 2.91. The van der Waals surface area contributed by atoms with E-state index < -0.39 is 0 Å². The molecule has 3 nitrogen and oxygen atoms in total. The lowest BCUT2D eigenvalue weighted by atomic mass is 10.0.